The van der Waals surface area contributed by atoms with Crippen molar-refractivity contribution in [3.8, 4) is 0 Å². The van der Waals surface area contributed by atoms with Crippen molar-refractivity contribution in [1.29, 1.82) is 0 Å². The topological polar surface area (TPSA) is 74.2 Å². The van der Waals surface area contributed by atoms with Crippen LogP contribution < -0.4 is 0 Å². The number of esters is 1. The van der Waals surface area contributed by atoms with E-state index in [0.29, 0.717) is 18.4 Å². The lowest BCUT2D eigenvalue weighted by atomic mass is 9.86. The molecule has 6 rings (SSSR count). The van der Waals surface area contributed by atoms with E-state index in [1.807, 2.05) is 54.6 Å². The first kappa shape index (κ1) is 28.8. The summed E-state index contributed by atoms with van der Waals surface area (Å²) in [5.41, 5.74) is 0.592. The zero-order valence-corrected chi connectivity index (χ0v) is 24.6. The average molecular weight is 593 g/mol. The molecular formula is C33H36O6S2. The lowest BCUT2D eigenvalue weighted by Crippen LogP contribution is -2.71. The Bertz CT molecular complexity index is 1280. The summed E-state index contributed by atoms with van der Waals surface area (Å²) >= 11 is 3.47. The lowest BCUT2D eigenvalue weighted by molar-refractivity contribution is -0.460. The van der Waals surface area contributed by atoms with Crippen LogP contribution in [0.2, 0.25) is 0 Å². The molecule has 2 spiro atoms. The number of aliphatic hydroxyl groups excluding tert-OH is 1. The summed E-state index contributed by atoms with van der Waals surface area (Å²) in [6.07, 6.45) is 1.71. The molecule has 41 heavy (non-hydrogen) atoms. The second kappa shape index (κ2) is 12.9. The van der Waals surface area contributed by atoms with Crippen molar-refractivity contribution in [2.45, 2.75) is 84.3 Å². The number of fused-ring (bicyclic) bond motifs is 1. The maximum atomic E-state index is 13.5. The molecule has 216 valence electrons. The van der Waals surface area contributed by atoms with Gasteiger partial charge in [0, 0.05) is 34.1 Å². The third-order valence-electron chi connectivity index (χ3n) is 7.96. The van der Waals surface area contributed by atoms with Crippen LogP contribution in [0.15, 0.2) is 101 Å². The Morgan fingerprint density at radius 2 is 1.20 bits per heavy atom. The van der Waals surface area contributed by atoms with Gasteiger partial charge in [-0.25, -0.2) is 4.79 Å². The highest BCUT2D eigenvalue weighted by atomic mass is 32.2. The Balaban J connectivity index is 1.26. The minimum atomic E-state index is -1.37. The van der Waals surface area contributed by atoms with Crippen LogP contribution in [0.1, 0.15) is 50.2 Å². The number of benzene rings is 3. The van der Waals surface area contributed by atoms with Crippen molar-refractivity contribution >= 4 is 29.5 Å². The van der Waals surface area contributed by atoms with E-state index < -0.39 is 29.8 Å². The van der Waals surface area contributed by atoms with Gasteiger partial charge in [0.2, 0.25) is 5.79 Å². The first-order valence-electron chi connectivity index (χ1n) is 14.4. The van der Waals surface area contributed by atoms with Crippen molar-refractivity contribution in [3.63, 3.8) is 0 Å². The summed E-state index contributed by atoms with van der Waals surface area (Å²) in [5.74, 6) is -1.83. The molecular weight excluding hydrogens is 556 g/mol. The molecule has 1 N–H and O–H groups in total. The van der Waals surface area contributed by atoms with Crippen molar-refractivity contribution in [2.24, 2.45) is 0 Å². The number of hydrogen-bond donors (Lipinski definition) is 1. The molecule has 3 aliphatic heterocycles. The van der Waals surface area contributed by atoms with Crippen LogP contribution in [-0.4, -0.2) is 52.5 Å². The quantitative estimate of drug-likeness (QED) is 0.227. The minimum absolute atomic E-state index is 0.125. The molecule has 3 aromatic carbocycles. The number of rotatable bonds is 8. The monoisotopic (exact) mass is 592 g/mol. The van der Waals surface area contributed by atoms with Gasteiger partial charge in [0.05, 0.1) is 12.2 Å². The lowest BCUT2D eigenvalue weighted by Gasteiger charge is -2.57. The van der Waals surface area contributed by atoms with E-state index in [9.17, 15) is 9.90 Å². The van der Waals surface area contributed by atoms with E-state index in [1.165, 1.54) is 9.79 Å². The van der Waals surface area contributed by atoms with Crippen molar-refractivity contribution in [3.05, 3.63) is 96.6 Å². The van der Waals surface area contributed by atoms with Gasteiger partial charge >= 0.3 is 5.97 Å². The normalized spacial score (nSPS) is 30.7. The van der Waals surface area contributed by atoms with E-state index in [2.05, 4.69) is 24.3 Å². The number of thioether (sulfide) groups is 2. The van der Waals surface area contributed by atoms with Gasteiger partial charge in [0.25, 0.3) is 5.79 Å². The smallest absolute Gasteiger partial charge is 0.341 e. The number of aliphatic hydroxyl groups is 1. The molecule has 3 heterocycles. The maximum absolute atomic E-state index is 13.5. The Kier molecular flexibility index (Phi) is 9.05. The van der Waals surface area contributed by atoms with Gasteiger partial charge in [-0.1, -0.05) is 66.7 Å². The zero-order valence-electron chi connectivity index (χ0n) is 22.9. The molecule has 0 radical (unpaired) electrons. The fraction of sp³-hybridized carbons (Fsp3) is 0.424. The third kappa shape index (κ3) is 6.38. The molecule has 3 aromatic rings. The van der Waals surface area contributed by atoms with Gasteiger partial charge in [-0.2, -0.15) is 0 Å². The first-order chi connectivity index (χ1) is 20.1. The summed E-state index contributed by atoms with van der Waals surface area (Å²) in [6.45, 7) is 0. The molecule has 8 heteroatoms. The molecule has 0 amide bonds. The van der Waals surface area contributed by atoms with Gasteiger partial charge in [0.1, 0.15) is 6.10 Å². The molecule has 0 aliphatic carbocycles. The van der Waals surface area contributed by atoms with Gasteiger partial charge in [-0.3, -0.25) is 0 Å². The zero-order chi connectivity index (χ0) is 28.1. The largest absolute Gasteiger partial charge is 0.425 e. The van der Waals surface area contributed by atoms with E-state index >= 15 is 0 Å². The van der Waals surface area contributed by atoms with Crippen LogP contribution in [0, 0.1) is 0 Å². The molecule has 3 aliphatic rings. The predicted octanol–water partition coefficient (Wildman–Crippen LogP) is 6.78. The van der Waals surface area contributed by atoms with E-state index in [0.717, 1.165) is 37.2 Å². The fourth-order valence-electron chi connectivity index (χ4n) is 5.93. The van der Waals surface area contributed by atoms with Crippen LogP contribution >= 0.6 is 23.5 Å². The van der Waals surface area contributed by atoms with Crippen LogP contribution in [0.25, 0.3) is 0 Å². The Labute approximate surface area is 250 Å². The highest BCUT2D eigenvalue weighted by molar-refractivity contribution is 7.99. The van der Waals surface area contributed by atoms with Crippen LogP contribution in [0.5, 0.6) is 0 Å². The third-order valence-corrected chi connectivity index (χ3v) is 10.2. The van der Waals surface area contributed by atoms with Gasteiger partial charge < -0.3 is 24.1 Å². The Morgan fingerprint density at radius 1 is 0.707 bits per heavy atom. The molecule has 3 saturated heterocycles. The van der Waals surface area contributed by atoms with Crippen molar-refractivity contribution < 1.29 is 28.8 Å². The predicted molar refractivity (Wildman–Crippen MR) is 160 cm³/mol. The summed E-state index contributed by atoms with van der Waals surface area (Å²) in [6, 6.07) is 29.6. The Morgan fingerprint density at radius 3 is 1.76 bits per heavy atom. The number of carbonyl (C=O) groups is 1. The van der Waals surface area contributed by atoms with Crippen LogP contribution in [0.3, 0.4) is 0 Å². The summed E-state index contributed by atoms with van der Waals surface area (Å²) < 4.78 is 26.5. The fourth-order valence-corrected chi connectivity index (χ4v) is 7.85. The highest BCUT2D eigenvalue weighted by Gasteiger charge is 2.67. The average Bonchev–Trinajstić information content (AvgIpc) is 3.02. The van der Waals surface area contributed by atoms with Gasteiger partial charge in [-0.15, -0.1) is 23.5 Å². The number of hydrogen-bond acceptors (Lipinski definition) is 8. The van der Waals surface area contributed by atoms with E-state index in [1.54, 1.807) is 35.7 Å². The molecule has 6 nitrogen and oxygen atoms in total. The number of ether oxygens (including phenoxy) is 4. The number of carbonyl (C=O) groups excluding carboxylic acids is 1. The molecule has 0 saturated carbocycles. The van der Waals surface area contributed by atoms with Gasteiger partial charge in [-0.05, 0) is 55.5 Å². The van der Waals surface area contributed by atoms with Crippen molar-refractivity contribution in [2.75, 3.05) is 11.5 Å². The Hall–Kier alpha value is -2.33. The minimum Gasteiger partial charge on any atom is -0.425 e. The molecule has 3 fully saturated rings. The maximum Gasteiger partial charge on any atom is 0.341 e. The first-order valence-corrected chi connectivity index (χ1v) is 16.4. The second-order valence-electron chi connectivity index (χ2n) is 10.8. The molecule has 0 bridgehead atoms. The van der Waals surface area contributed by atoms with E-state index in [-0.39, 0.29) is 12.2 Å². The molecule has 0 aromatic heterocycles. The highest BCUT2D eigenvalue weighted by Crippen LogP contribution is 2.52. The van der Waals surface area contributed by atoms with Crippen molar-refractivity contribution in [1.82, 2.24) is 0 Å². The summed E-state index contributed by atoms with van der Waals surface area (Å²) in [5, 5.41) is 11.3. The second-order valence-corrected chi connectivity index (χ2v) is 13.0. The van der Waals surface area contributed by atoms with Crippen LogP contribution in [-0.2, 0) is 23.7 Å². The SMILES string of the molecule is O=C1O[C@]2(CCC[C@H](CSc3ccccc3)O2)[C@@]2(CCC[C@H](CSc3ccccc3)O2)O[C@@H]1[C@H](O)c1ccccc1. The molecule has 6 atom stereocenters. The van der Waals surface area contributed by atoms with E-state index in [4.69, 9.17) is 18.9 Å². The molecule has 0 unspecified atom stereocenters. The summed E-state index contributed by atoms with van der Waals surface area (Å²) in [7, 11) is 0. The summed E-state index contributed by atoms with van der Waals surface area (Å²) in [4.78, 5) is 15.9. The standard InChI is InChI=1S/C33H36O6S2/c34-29(24-12-4-1-5-13-24)30-31(35)39-33(21-11-15-26(37-33)23-41-28-18-8-3-9-19-28)32(38-30)20-10-14-25(36-32)22-40-27-16-6-2-7-17-27/h1-9,12-13,16-19,25-26,29-30,34H,10-11,14-15,20-23H2/t25-,26-,29-,30-,32-,33-/m1/s1. The van der Waals surface area contributed by atoms with Crippen LogP contribution in [0.4, 0.5) is 0 Å². The van der Waals surface area contributed by atoms with Gasteiger partial charge in [0.15, 0.2) is 6.10 Å².